The molecule has 3 heteroatoms. The lowest BCUT2D eigenvalue weighted by atomic mass is 9.73. The van der Waals surface area contributed by atoms with Crippen LogP contribution in [0.2, 0.25) is 0 Å². The smallest absolute Gasteiger partial charge is 0.165 e. The van der Waals surface area contributed by atoms with Crippen LogP contribution in [0.3, 0.4) is 0 Å². The Morgan fingerprint density at radius 3 is 2.90 bits per heavy atom. The summed E-state index contributed by atoms with van der Waals surface area (Å²) in [6.45, 7) is 6.92. The van der Waals surface area contributed by atoms with Crippen molar-refractivity contribution in [3.63, 3.8) is 0 Å². The number of nitrogens with one attached hydrogen (secondary N) is 1. The minimum Gasteiger partial charge on any atom is -0.486 e. The maximum Gasteiger partial charge on any atom is 0.165 e. The topological polar surface area (TPSA) is 30.5 Å². The molecular weight excluding hydrogens is 250 g/mol. The van der Waals surface area contributed by atoms with E-state index in [1.165, 1.54) is 31.2 Å². The van der Waals surface area contributed by atoms with Crippen molar-refractivity contribution in [2.24, 2.45) is 5.41 Å². The van der Waals surface area contributed by atoms with Gasteiger partial charge in [-0.25, -0.2) is 0 Å². The second-order valence-corrected chi connectivity index (χ2v) is 6.61. The molecule has 1 aromatic carbocycles. The average molecular weight is 275 g/mol. The van der Waals surface area contributed by atoms with E-state index in [0.29, 0.717) is 24.7 Å². The van der Waals surface area contributed by atoms with Crippen LogP contribution in [0.25, 0.3) is 0 Å². The van der Waals surface area contributed by atoms with Crippen LogP contribution in [-0.4, -0.2) is 19.3 Å². The van der Waals surface area contributed by atoms with Gasteiger partial charge in [0.1, 0.15) is 13.2 Å². The highest BCUT2D eigenvalue weighted by atomic mass is 16.6. The SMILES string of the molecule is CC1(C)CCCCC1NCc1cccc2c1OCCO2. The number of hydrogen-bond donors (Lipinski definition) is 1. The lowest BCUT2D eigenvalue weighted by Crippen LogP contribution is -2.43. The number of para-hydroxylation sites is 1. The molecule has 2 aliphatic rings. The Morgan fingerprint density at radius 2 is 2.05 bits per heavy atom. The van der Waals surface area contributed by atoms with Gasteiger partial charge in [0.2, 0.25) is 0 Å². The molecule has 1 saturated carbocycles. The molecule has 0 saturated heterocycles. The third-order valence-corrected chi connectivity index (χ3v) is 4.69. The summed E-state index contributed by atoms with van der Waals surface area (Å²) in [5.41, 5.74) is 1.60. The minimum atomic E-state index is 0.393. The summed E-state index contributed by atoms with van der Waals surface area (Å²) in [5, 5.41) is 3.74. The van der Waals surface area contributed by atoms with Crippen LogP contribution in [0.4, 0.5) is 0 Å². The summed E-state index contributed by atoms with van der Waals surface area (Å²) in [6, 6.07) is 6.77. The van der Waals surface area contributed by atoms with Crippen LogP contribution >= 0.6 is 0 Å². The third kappa shape index (κ3) is 2.78. The molecule has 0 aromatic heterocycles. The zero-order valence-corrected chi connectivity index (χ0v) is 12.6. The highest BCUT2D eigenvalue weighted by Gasteiger charge is 2.31. The Morgan fingerprint density at radius 1 is 1.20 bits per heavy atom. The van der Waals surface area contributed by atoms with Gasteiger partial charge in [-0.3, -0.25) is 0 Å². The minimum absolute atomic E-state index is 0.393. The van der Waals surface area contributed by atoms with E-state index in [2.05, 4.69) is 31.3 Å². The largest absolute Gasteiger partial charge is 0.486 e. The quantitative estimate of drug-likeness (QED) is 0.915. The lowest BCUT2D eigenvalue weighted by molar-refractivity contribution is 0.160. The van der Waals surface area contributed by atoms with Crippen molar-refractivity contribution in [2.75, 3.05) is 13.2 Å². The Balaban J connectivity index is 1.69. The summed E-state index contributed by atoms with van der Waals surface area (Å²) < 4.78 is 11.4. The van der Waals surface area contributed by atoms with Crippen molar-refractivity contribution < 1.29 is 9.47 Å². The van der Waals surface area contributed by atoms with Gasteiger partial charge in [-0.1, -0.05) is 38.8 Å². The molecule has 0 radical (unpaired) electrons. The van der Waals surface area contributed by atoms with Crippen LogP contribution < -0.4 is 14.8 Å². The first kappa shape index (κ1) is 13.7. The number of hydrogen-bond acceptors (Lipinski definition) is 3. The normalized spacial score (nSPS) is 24.4. The first-order valence-corrected chi connectivity index (χ1v) is 7.78. The molecule has 1 aliphatic heterocycles. The number of benzene rings is 1. The first-order chi connectivity index (χ1) is 9.67. The van der Waals surface area contributed by atoms with Crippen LogP contribution in [-0.2, 0) is 6.54 Å². The van der Waals surface area contributed by atoms with E-state index in [9.17, 15) is 0 Å². The zero-order valence-electron chi connectivity index (χ0n) is 12.6. The van der Waals surface area contributed by atoms with Gasteiger partial charge in [0.05, 0.1) is 0 Å². The predicted molar refractivity (Wildman–Crippen MR) is 80.3 cm³/mol. The molecule has 3 rings (SSSR count). The standard InChI is InChI=1S/C17H25NO2/c1-17(2)9-4-3-8-15(17)18-12-13-6-5-7-14-16(13)20-11-10-19-14/h5-7,15,18H,3-4,8-12H2,1-2H3. The third-order valence-electron chi connectivity index (χ3n) is 4.69. The second kappa shape index (κ2) is 5.65. The van der Waals surface area contributed by atoms with E-state index >= 15 is 0 Å². The van der Waals surface area contributed by atoms with Crippen molar-refractivity contribution in [1.82, 2.24) is 5.32 Å². The van der Waals surface area contributed by atoms with Crippen LogP contribution in [0.5, 0.6) is 11.5 Å². The number of fused-ring (bicyclic) bond motifs is 1. The van der Waals surface area contributed by atoms with E-state index < -0.39 is 0 Å². The van der Waals surface area contributed by atoms with Gasteiger partial charge in [-0.15, -0.1) is 0 Å². The molecule has 3 nitrogen and oxygen atoms in total. The van der Waals surface area contributed by atoms with E-state index in [1.54, 1.807) is 0 Å². The Kier molecular flexibility index (Phi) is 3.88. The van der Waals surface area contributed by atoms with Gasteiger partial charge >= 0.3 is 0 Å². The zero-order chi connectivity index (χ0) is 14.0. The van der Waals surface area contributed by atoms with Gasteiger partial charge in [0.25, 0.3) is 0 Å². The first-order valence-electron chi connectivity index (χ1n) is 7.78. The molecule has 0 amide bonds. The highest BCUT2D eigenvalue weighted by Crippen LogP contribution is 2.37. The molecule has 110 valence electrons. The average Bonchev–Trinajstić information content (AvgIpc) is 2.46. The van der Waals surface area contributed by atoms with Gasteiger partial charge in [-0.05, 0) is 24.3 Å². The van der Waals surface area contributed by atoms with E-state index in [0.717, 1.165) is 18.0 Å². The maximum atomic E-state index is 5.78. The van der Waals surface area contributed by atoms with Crippen LogP contribution in [0.1, 0.15) is 45.1 Å². The summed E-state index contributed by atoms with van der Waals surface area (Å²) in [7, 11) is 0. The monoisotopic (exact) mass is 275 g/mol. The van der Waals surface area contributed by atoms with Gasteiger partial charge in [-0.2, -0.15) is 0 Å². The Labute approximate surface area is 121 Å². The van der Waals surface area contributed by atoms with Crippen molar-refractivity contribution >= 4 is 0 Å². The van der Waals surface area contributed by atoms with Crippen molar-refractivity contribution in [3.05, 3.63) is 23.8 Å². The fourth-order valence-electron chi connectivity index (χ4n) is 3.38. The number of rotatable bonds is 3. The Hall–Kier alpha value is -1.22. The molecule has 1 N–H and O–H groups in total. The molecule has 0 bridgehead atoms. The maximum absolute atomic E-state index is 5.78. The highest BCUT2D eigenvalue weighted by molar-refractivity contribution is 5.47. The van der Waals surface area contributed by atoms with E-state index in [-0.39, 0.29) is 0 Å². The molecule has 1 aromatic rings. The van der Waals surface area contributed by atoms with Gasteiger partial charge < -0.3 is 14.8 Å². The summed E-state index contributed by atoms with van der Waals surface area (Å²) >= 11 is 0. The molecule has 1 heterocycles. The van der Waals surface area contributed by atoms with E-state index in [4.69, 9.17) is 9.47 Å². The molecule has 0 spiro atoms. The van der Waals surface area contributed by atoms with Gasteiger partial charge in [0.15, 0.2) is 11.5 Å². The van der Waals surface area contributed by atoms with Crippen LogP contribution in [0, 0.1) is 5.41 Å². The van der Waals surface area contributed by atoms with Gasteiger partial charge in [0, 0.05) is 18.2 Å². The number of ether oxygens (including phenoxy) is 2. The predicted octanol–water partition coefficient (Wildman–Crippen LogP) is 3.52. The molecule has 20 heavy (non-hydrogen) atoms. The summed E-state index contributed by atoms with van der Waals surface area (Å²) in [6.07, 6.45) is 5.30. The molecule has 1 unspecified atom stereocenters. The van der Waals surface area contributed by atoms with Crippen LogP contribution in [0.15, 0.2) is 18.2 Å². The lowest BCUT2D eigenvalue weighted by Gasteiger charge is -2.39. The van der Waals surface area contributed by atoms with Crippen molar-refractivity contribution in [3.8, 4) is 11.5 Å². The summed E-state index contributed by atoms with van der Waals surface area (Å²) in [5.74, 6) is 1.82. The van der Waals surface area contributed by atoms with E-state index in [1.807, 2.05) is 6.07 Å². The molecule has 1 fully saturated rings. The molecule has 1 aliphatic carbocycles. The summed E-state index contributed by atoms with van der Waals surface area (Å²) in [4.78, 5) is 0. The van der Waals surface area contributed by atoms with Crippen molar-refractivity contribution in [2.45, 2.75) is 52.1 Å². The Bertz CT molecular complexity index is 470. The fourth-order valence-corrected chi connectivity index (χ4v) is 3.38. The van der Waals surface area contributed by atoms with Crippen molar-refractivity contribution in [1.29, 1.82) is 0 Å². The second-order valence-electron chi connectivity index (χ2n) is 6.61. The molecular formula is C17H25NO2. The molecule has 1 atom stereocenters. The fraction of sp³-hybridized carbons (Fsp3) is 0.647.